The number of nitrogens with zero attached hydrogens (tertiary/aromatic N) is 2. The monoisotopic (exact) mass is 223 g/mol. The van der Waals surface area contributed by atoms with Crippen LogP contribution in [0, 0.1) is 0 Å². The topological polar surface area (TPSA) is 46.9 Å². The van der Waals surface area contributed by atoms with Gasteiger partial charge in [-0.3, -0.25) is 9.48 Å². The molecule has 0 unspecified atom stereocenters. The third-order valence-corrected chi connectivity index (χ3v) is 2.54. The van der Waals surface area contributed by atoms with Crippen molar-refractivity contribution in [1.82, 2.24) is 15.1 Å². The van der Waals surface area contributed by atoms with Gasteiger partial charge in [0.05, 0.1) is 0 Å². The second-order valence-electron chi connectivity index (χ2n) is 4.34. The maximum atomic E-state index is 11.6. The molecule has 1 heterocycles. The Hall–Kier alpha value is -1.16. The Morgan fingerprint density at radius 2 is 2.25 bits per heavy atom. The molecule has 1 aromatic rings. The van der Waals surface area contributed by atoms with Crippen molar-refractivity contribution < 1.29 is 4.79 Å². The molecule has 0 saturated carbocycles. The molecule has 0 fully saturated rings. The molecule has 0 amide bonds. The zero-order valence-corrected chi connectivity index (χ0v) is 10.4. The first-order chi connectivity index (χ1) is 7.59. The number of Topliss-reactive ketones (excluding diaryl/α,β-unsaturated/α-hetero) is 1. The lowest BCUT2D eigenvalue weighted by Gasteiger charge is -2.07. The first-order valence-electron chi connectivity index (χ1n) is 5.81. The standard InChI is InChI=1S/C12H21N3O/c1-10(2)13-8-7-12(16)5-4-11-6-9-14-15(11)3/h6,9-10,13H,4-5,7-8H2,1-3H3. The maximum absolute atomic E-state index is 11.6. The van der Waals surface area contributed by atoms with Crippen LogP contribution in [0.5, 0.6) is 0 Å². The predicted octanol–water partition coefficient (Wildman–Crippen LogP) is 1.31. The fourth-order valence-corrected chi connectivity index (χ4v) is 1.54. The summed E-state index contributed by atoms with van der Waals surface area (Å²) in [6.07, 6.45) is 3.78. The van der Waals surface area contributed by atoms with Gasteiger partial charge in [0.25, 0.3) is 0 Å². The van der Waals surface area contributed by atoms with Crippen LogP contribution in [0.4, 0.5) is 0 Å². The van der Waals surface area contributed by atoms with Crippen molar-refractivity contribution in [2.24, 2.45) is 7.05 Å². The lowest BCUT2D eigenvalue weighted by atomic mass is 10.1. The van der Waals surface area contributed by atoms with Gasteiger partial charge >= 0.3 is 0 Å². The third kappa shape index (κ3) is 4.57. The van der Waals surface area contributed by atoms with Gasteiger partial charge in [-0.15, -0.1) is 0 Å². The molecule has 90 valence electrons. The Labute approximate surface area is 97.0 Å². The Bertz CT molecular complexity index is 331. The minimum Gasteiger partial charge on any atom is -0.314 e. The summed E-state index contributed by atoms with van der Waals surface area (Å²) >= 11 is 0. The van der Waals surface area contributed by atoms with E-state index in [-0.39, 0.29) is 0 Å². The van der Waals surface area contributed by atoms with E-state index in [1.165, 1.54) is 0 Å². The van der Waals surface area contributed by atoms with Gasteiger partial charge in [-0.25, -0.2) is 0 Å². The number of hydrogen-bond donors (Lipinski definition) is 1. The summed E-state index contributed by atoms with van der Waals surface area (Å²) in [5, 5.41) is 7.32. The van der Waals surface area contributed by atoms with Gasteiger partial charge < -0.3 is 5.32 Å². The highest BCUT2D eigenvalue weighted by molar-refractivity contribution is 5.78. The molecule has 16 heavy (non-hydrogen) atoms. The van der Waals surface area contributed by atoms with E-state index >= 15 is 0 Å². The molecule has 4 nitrogen and oxygen atoms in total. The van der Waals surface area contributed by atoms with Crippen LogP contribution in [0.25, 0.3) is 0 Å². The maximum Gasteiger partial charge on any atom is 0.134 e. The molecule has 1 aromatic heterocycles. The molecular weight excluding hydrogens is 202 g/mol. The molecule has 0 aromatic carbocycles. The second kappa shape index (κ2) is 6.43. The van der Waals surface area contributed by atoms with Crippen molar-refractivity contribution in [2.45, 2.75) is 39.2 Å². The van der Waals surface area contributed by atoms with E-state index in [2.05, 4.69) is 24.3 Å². The summed E-state index contributed by atoms with van der Waals surface area (Å²) < 4.78 is 1.82. The third-order valence-electron chi connectivity index (χ3n) is 2.54. The van der Waals surface area contributed by atoms with Crippen molar-refractivity contribution in [2.75, 3.05) is 6.54 Å². The first kappa shape index (κ1) is 12.9. The number of aryl methyl sites for hydroxylation is 2. The molecule has 1 rings (SSSR count). The second-order valence-corrected chi connectivity index (χ2v) is 4.34. The fourth-order valence-electron chi connectivity index (χ4n) is 1.54. The van der Waals surface area contributed by atoms with Gasteiger partial charge in [0, 0.05) is 44.4 Å². The van der Waals surface area contributed by atoms with Crippen LogP contribution in [-0.2, 0) is 18.3 Å². The molecule has 0 saturated heterocycles. The van der Waals surface area contributed by atoms with Crippen LogP contribution in [0.2, 0.25) is 0 Å². The molecule has 0 aliphatic carbocycles. The van der Waals surface area contributed by atoms with Crippen LogP contribution in [-0.4, -0.2) is 28.2 Å². The summed E-state index contributed by atoms with van der Waals surface area (Å²) in [5.41, 5.74) is 1.12. The summed E-state index contributed by atoms with van der Waals surface area (Å²) in [6.45, 7) is 4.95. The van der Waals surface area contributed by atoms with Crippen LogP contribution in [0.15, 0.2) is 12.3 Å². The molecule has 1 N–H and O–H groups in total. The average molecular weight is 223 g/mol. The SMILES string of the molecule is CC(C)NCCC(=O)CCc1ccnn1C. The smallest absolute Gasteiger partial charge is 0.134 e. The normalized spacial score (nSPS) is 11.0. The summed E-state index contributed by atoms with van der Waals surface area (Å²) in [7, 11) is 1.90. The van der Waals surface area contributed by atoms with E-state index in [1.807, 2.05) is 17.8 Å². The number of carbonyl (C=O) groups excluding carboxylic acids is 1. The van der Waals surface area contributed by atoms with Gasteiger partial charge in [0.2, 0.25) is 0 Å². The molecular formula is C12H21N3O. The van der Waals surface area contributed by atoms with E-state index in [0.29, 0.717) is 24.7 Å². The summed E-state index contributed by atoms with van der Waals surface area (Å²) in [6, 6.07) is 2.41. The minimum atomic E-state index is 0.314. The molecule has 0 atom stereocenters. The Balaban J connectivity index is 2.18. The van der Waals surface area contributed by atoms with Gasteiger partial charge in [0.15, 0.2) is 0 Å². The number of ketones is 1. The van der Waals surface area contributed by atoms with E-state index in [0.717, 1.165) is 18.7 Å². The summed E-state index contributed by atoms with van der Waals surface area (Å²) in [4.78, 5) is 11.6. The minimum absolute atomic E-state index is 0.314. The Morgan fingerprint density at radius 3 is 2.81 bits per heavy atom. The van der Waals surface area contributed by atoms with Crippen molar-refractivity contribution in [3.05, 3.63) is 18.0 Å². The molecule has 0 aliphatic heterocycles. The first-order valence-corrected chi connectivity index (χ1v) is 5.81. The number of carbonyl (C=O) groups is 1. The van der Waals surface area contributed by atoms with Gasteiger partial charge in [-0.2, -0.15) is 5.10 Å². The van der Waals surface area contributed by atoms with Gasteiger partial charge in [-0.1, -0.05) is 13.8 Å². The lowest BCUT2D eigenvalue weighted by Crippen LogP contribution is -2.25. The van der Waals surface area contributed by atoms with Crippen LogP contribution < -0.4 is 5.32 Å². The molecule has 0 bridgehead atoms. The van der Waals surface area contributed by atoms with E-state index in [9.17, 15) is 4.79 Å². The van der Waals surface area contributed by atoms with Gasteiger partial charge in [0.1, 0.15) is 5.78 Å². The number of nitrogens with one attached hydrogen (secondary N) is 1. The van der Waals surface area contributed by atoms with Crippen LogP contribution >= 0.6 is 0 Å². The van der Waals surface area contributed by atoms with E-state index in [4.69, 9.17) is 0 Å². The van der Waals surface area contributed by atoms with E-state index < -0.39 is 0 Å². The molecule has 4 heteroatoms. The predicted molar refractivity (Wildman–Crippen MR) is 64.3 cm³/mol. The number of hydrogen-bond acceptors (Lipinski definition) is 3. The average Bonchev–Trinajstić information content (AvgIpc) is 2.60. The summed E-state index contributed by atoms with van der Waals surface area (Å²) in [5.74, 6) is 0.314. The van der Waals surface area contributed by atoms with Crippen molar-refractivity contribution in [3.8, 4) is 0 Å². The van der Waals surface area contributed by atoms with Crippen molar-refractivity contribution in [3.63, 3.8) is 0 Å². The quantitative estimate of drug-likeness (QED) is 0.758. The van der Waals surface area contributed by atoms with Gasteiger partial charge in [-0.05, 0) is 12.5 Å². The zero-order valence-electron chi connectivity index (χ0n) is 10.4. The zero-order chi connectivity index (χ0) is 12.0. The lowest BCUT2D eigenvalue weighted by molar-refractivity contribution is -0.119. The number of rotatable bonds is 7. The van der Waals surface area contributed by atoms with E-state index in [1.54, 1.807) is 6.20 Å². The largest absolute Gasteiger partial charge is 0.314 e. The highest BCUT2D eigenvalue weighted by Gasteiger charge is 2.05. The van der Waals surface area contributed by atoms with Crippen molar-refractivity contribution >= 4 is 5.78 Å². The Morgan fingerprint density at radius 1 is 1.50 bits per heavy atom. The molecule has 0 radical (unpaired) electrons. The van der Waals surface area contributed by atoms with Crippen LogP contribution in [0.3, 0.4) is 0 Å². The fraction of sp³-hybridized carbons (Fsp3) is 0.667. The van der Waals surface area contributed by atoms with Crippen molar-refractivity contribution in [1.29, 1.82) is 0 Å². The highest BCUT2D eigenvalue weighted by Crippen LogP contribution is 2.02. The Kier molecular flexibility index (Phi) is 5.19. The highest BCUT2D eigenvalue weighted by atomic mass is 16.1. The molecule has 0 spiro atoms. The number of aromatic nitrogens is 2. The molecule has 0 aliphatic rings. The van der Waals surface area contributed by atoms with Crippen LogP contribution in [0.1, 0.15) is 32.4 Å².